The van der Waals surface area contributed by atoms with E-state index in [1.54, 1.807) is 0 Å². The maximum atomic E-state index is 5.71. The number of hydrogen-bond donors (Lipinski definition) is 1. The van der Waals surface area contributed by atoms with Gasteiger partial charge in [-0.15, -0.1) is 0 Å². The molecule has 1 atom stereocenters. The van der Waals surface area contributed by atoms with Gasteiger partial charge in [-0.05, 0) is 35.9 Å². The Balaban J connectivity index is 2.63. The lowest BCUT2D eigenvalue weighted by molar-refractivity contribution is 0.519. The molecule has 0 aliphatic heterocycles. The molecule has 1 rings (SSSR count). The lowest BCUT2D eigenvalue weighted by Crippen LogP contribution is -2.15. The van der Waals surface area contributed by atoms with Crippen LogP contribution in [0, 0.1) is 5.92 Å². The molecule has 2 N–H and O–H groups in total. The smallest absolute Gasteiger partial charge is 0.00458 e. The van der Waals surface area contributed by atoms with Gasteiger partial charge in [0.15, 0.2) is 0 Å². The fourth-order valence-electron chi connectivity index (χ4n) is 1.77. The standard InChI is InChI=1S/C14H23N/c1-4-12(10-15)9-13-5-7-14(8-6-13)11(2)3/h5-8,11-12H,4,9-10,15H2,1-3H3. The predicted molar refractivity (Wildman–Crippen MR) is 67.1 cm³/mol. The fourth-order valence-corrected chi connectivity index (χ4v) is 1.77. The minimum Gasteiger partial charge on any atom is -0.330 e. The molecule has 0 radical (unpaired) electrons. The van der Waals surface area contributed by atoms with E-state index in [0.29, 0.717) is 11.8 Å². The molecule has 15 heavy (non-hydrogen) atoms. The summed E-state index contributed by atoms with van der Waals surface area (Å²) < 4.78 is 0. The lowest BCUT2D eigenvalue weighted by atomic mass is 9.95. The van der Waals surface area contributed by atoms with Crippen molar-refractivity contribution in [2.24, 2.45) is 11.7 Å². The molecule has 0 aromatic heterocycles. The number of rotatable bonds is 5. The van der Waals surface area contributed by atoms with Gasteiger partial charge in [0.1, 0.15) is 0 Å². The first-order valence-corrected chi connectivity index (χ1v) is 5.96. The molecule has 0 bridgehead atoms. The van der Waals surface area contributed by atoms with Crippen LogP contribution in [-0.4, -0.2) is 6.54 Å². The van der Waals surface area contributed by atoms with Gasteiger partial charge in [0.25, 0.3) is 0 Å². The Hall–Kier alpha value is -0.820. The molecule has 0 aliphatic rings. The van der Waals surface area contributed by atoms with Crippen LogP contribution < -0.4 is 5.73 Å². The Labute approximate surface area is 93.7 Å². The van der Waals surface area contributed by atoms with Crippen LogP contribution in [0.2, 0.25) is 0 Å². The number of hydrogen-bond acceptors (Lipinski definition) is 1. The quantitative estimate of drug-likeness (QED) is 0.784. The second-order valence-electron chi connectivity index (χ2n) is 4.61. The Kier molecular flexibility index (Phi) is 4.83. The summed E-state index contributed by atoms with van der Waals surface area (Å²) in [5, 5.41) is 0. The van der Waals surface area contributed by atoms with Crippen molar-refractivity contribution in [3.63, 3.8) is 0 Å². The highest BCUT2D eigenvalue weighted by atomic mass is 14.5. The van der Waals surface area contributed by atoms with Crippen molar-refractivity contribution in [1.29, 1.82) is 0 Å². The second kappa shape index (κ2) is 5.92. The highest BCUT2D eigenvalue weighted by Gasteiger charge is 2.05. The lowest BCUT2D eigenvalue weighted by Gasteiger charge is -2.13. The van der Waals surface area contributed by atoms with E-state index in [1.807, 2.05) is 0 Å². The van der Waals surface area contributed by atoms with Crippen molar-refractivity contribution in [2.45, 2.75) is 39.5 Å². The van der Waals surface area contributed by atoms with E-state index in [9.17, 15) is 0 Å². The summed E-state index contributed by atoms with van der Waals surface area (Å²) in [5.74, 6) is 1.26. The SMILES string of the molecule is CCC(CN)Cc1ccc(C(C)C)cc1. The van der Waals surface area contributed by atoms with Gasteiger partial charge in [0, 0.05) is 0 Å². The van der Waals surface area contributed by atoms with Gasteiger partial charge in [0.2, 0.25) is 0 Å². The molecular weight excluding hydrogens is 182 g/mol. The van der Waals surface area contributed by atoms with E-state index in [-0.39, 0.29) is 0 Å². The van der Waals surface area contributed by atoms with E-state index >= 15 is 0 Å². The van der Waals surface area contributed by atoms with E-state index in [0.717, 1.165) is 13.0 Å². The third-order valence-electron chi connectivity index (χ3n) is 3.08. The molecule has 0 heterocycles. The monoisotopic (exact) mass is 205 g/mol. The maximum absolute atomic E-state index is 5.71. The van der Waals surface area contributed by atoms with Crippen molar-refractivity contribution in [3.8, 4) is 0 Å². The van der Waals surface area contributed by atoms with Gasteiger partial charge in [-0.25, -0.2) is 0 Å². The fraction of sp³-hybridized carbons (Fsp3) is 0.571. The molecule has 0 amide bonds. The second-order valence-corrected chi connectivity index (χ2v) is 4.61. The van der Waals surface area contributed by atoms with E-state index in [2.05, 4.69) is 45.0 Å². The summed E-state index contributed by atoms with van der Waals surface area (Å²) in [5.41, 5.74) is 8.54. The summed E-state index contributed by atoms with van der Waals surface area (Å²) >= 11 is 0. The normalized spacial score (nSPS) is 13.1. The van der Waals surface area contributed by atoms with Crippen LogP contribution in [0.3, 0.4) is 0 Å². The maximum Gasteiger partial charge on any atom is -0.00458 e. The Bertz CT molecular complexity index is 270. The molecule has 84 valence electrons. The van der Waals surface area contributed by atoms with Crippen LogP contribution in [0.4, 0.5) is 0 Å². The summed E-state index contributed by atoms with van der Waals surface area (Å²) in [6.45, 7) is 7.45. The summed E-state index contributed by atoms with van der Waals surface area (Å²) in [6, 6.07) is 8.97. The van der Waals surface area contributed by atoms with Gasteiger partial charge in [0.05, 0.1) is 0 Å². The molecule has 0 saturated carbocycles. The van der Waals surface area contributed by atoms with Crippen LogP contribution in [0.5, 0.6) is 0 Å². The average Bonchev–Trinajstić information content (AvgIpc) is 2.26. The molecule has 1 nitrogen and oxygen atoms in total. The van der Waals surface area contributed by atoms with Crippen LogP contribution in [-0.2, 0) is 6.42 Å². The summed E-state index contributed by atoms with van der Waals surface area (Å²) in [6.07, 6.45) is 2.29. The predicted octanol–water partition coefficient (Wildman–Crippen LogP) is 3.34. The molecule has 0 aliphatic carbocycles. The molecular formula is C14H23N. The van der Waals surface area contributed by atoms with Crippen LogP contribution in [0.25, 0.3) is 0 Å². The first-order valence-electron chi connectivity index (χ1n) is 5.96. The van der Waals surface area contributed by atoms with Crippen LogP contribution >= 0.6 is 0 Å². The van der Waals surface area contributed by atoms with Gasteiger partial charge in [-0.1, -0.05) is 51.5 Å². The molecule has 1 aromatic carbocycles. The third kappa shape index (κ3) is 3.67. The van der Waals surface area contributed by atoms with Crippen LogP contribution in [0.15, 0.2) is 24.3 Å². The Morgan fingerprint density at radius 2 is 1.73 bits per heavy atom. The van der Waals surface area contributed by atoms with Crippen molar-refractivity contribution in [2.75, 3.05) is 6.54 Å². The van der Waals surface area contributed by atoms with E-state index < -0.39 is 0 Å². The minimum absolute atomic E-state index is 0.621. The van der Waals surface area contributed by atoms with Gasteiger partial charge < -0.3 is 5.73 Å². The first-order chi connectivity index (χ1) is 7.17. The van der Waals surface area contributed by atoms with E-state index in [1.165, 1.54) is 17.5 Å². The highest BCUT2D eigenvalue weighted by Crippen LogP contribution is 2.17. The number of nitrogens with two attached hydrogens (primary N) is 1. The largest absolute Gasteiger partial charge is 0.330 e. The summed E-state index contributed by atoms with van der Waals surface area (Å²) in [7, 11) is 0. The van der Waals surface area contributed by atoms with Crippen molar-refractivity contribution < 1.29 is 0 Å². The Morgan fingerprint density at radius 1 is 1.13 bits per heavy atom. The van der Waals surface area contributed by atoms with Gasteiger partial charge in [-0.2, -0.15) is 0 Å². The highest BCUT2D eigenvalue weighted by molar-refractivity contribution is 5.24. The van der Waals surface area contributed by atoms with Crippen molar-refractivity contribution in [1.82, 2.24) is 0 Å². The zero-order chi connectivity index (χ0) is 11.3. The molecule has 0 spiro atoms. The molecule has 0 fully saturated rings. The Morgan fingerprint density at radius 3 is 2.13 bits per heavy atom. The van der Waals surface area contributed by atoms with Gasteiger partial charge in [-0.3, -0.25) is 0 Å². The molecule has 0 saturated heterocycles. The minimum atomic E-state index is 0.621. The molecule has 1 aromatic rings. The molecule has 1 heteroatoms. The third-order valence-corrected chi connectivity index (χ3v) is 3.08. The first kappa shape index (κ1) is 12.3. The van der Waals surface area contributed by atoms with E-state index in [4.69, 9.17) is 5.73 Å². The molecule has 1 unspecified atom stereocenters. The average molecular weight is 205 g/mol. The van der Waals surface area contributed by atoms with Crippen molar-refractivity contribution in [3.05, 3.63) is 35.4 Å². The van der Waals surface area contributed by atoms with Crippen LogP contribution in [0.1, 0.15) is 44.2 Å². The van der Waals surface area contributed by atoms with Gasteiger partial charge >= 0.3 is 0 Å². The number of benzene rings is 1. The zero-order valence-corrected chi connectivity index (χ0v) is 10.2. The topological polar surface area (TPSA) is 26.0 Å². The summed E-state index contributed by atoms with van der Waals surface area (Å²) in [4.78, 5) is 0. The zero-order valence-electron chi connectivity index (χ0n) is 10.2. The van der Waals surface area contributed by atoms with Crippen molar-refractivity contribution >= 4 is 0 Å².